The van der Waals surface area contributed by atoms with Gasteiger partial charge in [-0.25, -0.2) is 0 Å². The quantitative estimate of drug-likeness (QED) is 0.896. The van der Waals surface area contributed by atoms with Crippen molar-refractivity contribution in [1.82, 2.24) is 10.3 Å². The highest BCUT2D eigenvalue weighted by Crippen LogP contribution is 2.21. The zero-order valence-electron chi connectivity index (χ0n) is 11.6. The van der Waals surface area contributed by atoms with Crippen LogP contribution in [0.5, 0.6) is 0 Å². The highest BCUT2D eigenvalue weighted by atomic mass is 16.2. The van der Waals surface area contributed by atoms with Crippen molar-refractivity contribution in [1.29, 1.82) is 0 Å². The molecule has 20 heavy (non-hydrogen) atoms. The zero-order valence-corrected chi connectivity index (χ0v) is 11.6. The minimum absolute atomic E-state index is 0.0806. The van der Waals surface area contributed by atoms with Gasteiger partial charge in [-0.1, -0.05) is 44.2 Å². The fourth-order valence-electron chi connectivity index (χ4n) is 2.11. The number of nitrogens with one attached hydrogen (secondary N) is 2. The number of carbonyl (C=O) groups is 1. The molecule has 0 aliphatic rings. The summed E-state index contributed by atoms with van der Waals surface area (Å²) in [4.78, 5) is 26.0. The first-order chi connectivity index (χ1) is 9.58. The number of hydrogen-bond donors (Lipinski definition) is 2. The van der Waals surface area contributed by atoms with E-state index in [1.165, 1.54) is 12.3 Å². The molecule has 0 aliphatic heterocycles. The first-order valence-electron chi connectivity index (χ1n) is 6.62. The minimum atomic E-state index is -0.279. The third-order valence-electron chi connectivity index (χ3n) is 3.15. The summed E-state index contributed by atoms with van der Waals surface area (Å²) in [5.74, 6) is 0.0157. The maximum absolute atomic E-state index is 12.2. The van der Waals surface area contributed by atoms with Crippen LogP contribution in [0.2, 0.25) is 0 Å². The van der Waals surface area contributed by atoms with Crippen LogP contribution in [-0.4, -0.2) is 10.9 Å². The third kappa shape index (κ3) is 3.35. The van der Waals surface area contributed by atoms with Crippen molar-refractivity contribution in [2.75, 3.05) is 0 Å². The fraction of sp³-hybridized carbons (Fsp3) is 0.250. The van der Waals surface area contributed by atoms with Crippen molar-refractivity contribution < 1.29 is 4.79 Å². The lowest BCUT2D eigenvalue weighted by Crippen LogP contribution is -2.32. The molecular formula is C16H18N2O2. The molecule has 2 aromatic rings. The summed E-state index contributed by atoms with van der Waals surface area (Å²) >= 11 is 0. The molecule has 1 unspecified atom stereocenters. The van der Waals surface area contributed by atoms with Gasteiger partial charge in [0.2, 0.25) is 5.56 Å². The molecule has 2 N–H and O–H groups in total. The van der Waals surface area contributed by atoms with Crippen LogP contribution in [0, 0.1) is 5.92 Å². The second-order valence-electron chi connectivity index (χ2n) is 5.05. The highest BCUT2D eigenvalue weighted by Gasteiger charge is 2.18. The Morgan fingerprint density at radius 2 is 1.85 bits per heavy atom. The molecule has 4 heteroatoms. The molecule has 0 spiro atoms. The van der Waals surface area contributed by atoms with E-state index in [-0.39, 0.29) is 23.4 Å². The minimum Gasteiger partial charge on any atom is -0.345 e. The smallest absolute Gasteiger partial charge is 0.252 e. The number of benzene rings is 1. The van der Waals surface area contributed by atoms with Gasteiger partial charge in [0.15, 0.2) is 0 Å². The summed E-state index contributed by atoms with van der Waals surface area (Å²) in [6.07, 6.45) is 1.48. The molecule has 1 amide bonds. The average molecular weight is 270 g/mol. The van der Waals surface area contributed by atoms with Gasteiger partial charge >= 0.3 is 0 Å². The van der Waals surface area contributed by atoms with Crippen LogP contribution >= 0.6 is 0 Å². The number of H-pyrrole nitrogens is 1. The Balaban J connectivity index is 2.21. The number of amides is 1. The number of carbonyl (C=O) groups excluding carboxylic acids is 1. The van der Waals surface area contributed by atoms with E-state index in [1.54, 1.807) is 6.07 Å². The number of aromatic nitrogens is 1. The standard InChI is InChI=1S/C16H18N2O2/c1-11(2)15(12-6-4-3-5-7-12)18-16(20)13-8-9-17-14(19)10-13/h3-11,15H,1-2H3,(H,17,19)(H,18,20). The van der Waals surface area contributed by atoms with Gasteiger partial charge in [0.25, 0.3) is 5.91 Å². The third-order valence-corrected chi connectivity index (χ3v) is 3.15. The van der Waals surface area contributed by atoms with E-state index in [0.717, 1.165) is 5.56 Å². The van der Waals surface area contributed by atoms with Crippen LogP contribution in [0.1, 0.15) is 35.8 Å². The van der Waals surface area contributed by atoms with Crippen LogP contribution in [-0.2, 0) is 0 Å². The molecule has 0 radical (unpaired) electrons. The van der Waals surface area contributed by atoms with Gasteiger partial charge < -0.3 is 10.3 Å². The van der Waals surface area contributed by atoms with E-state index < -0.39 is 0 Å². The molecule has 0 aliphatic carbocycles. The molecule has 4 nitrogen and oxygen atoms in total. The highest BCUT2D eigenvalue weighted by molar-refractivity contribution is 5.94. The van der Waals surface area contributed by atoms with Crippen molar-refractivity contribution in [2.24, 2.45) is 5.92 Å². The number of hydrogen-bond acceptors (Lipinski definition) is 2. The number of pyridine rings is 1. The average Bonchev–Trinajstić information content (AvgIpc) is 2.45. The number of rotatable bonds is 4. The summed E-state index contributed by atoms with van der Waals surface area (Å²) in [6.45, 7) is 4.10. The first kappa shape index (κ1) is 14.1. The van der Waals surface area contributed by atoms with E-state index in [1.807, 2.05) is 30.3 Å². The van der Waals surface area contributed by atoms with Crippen molar-refractivity contribution in [3.63, 3.8) is 0 Å². The Morgan fingerprint density at radius 3 is 2.45 bits per heavy atom. The van der Waals surface area contributed by atoms with Gasteiger partial charge in [-0.15, -0.1) is 0 Å². The zero-order chi connectivity index (χ0) is 14.5. The summed E-state index contributed by atoms with van der Waals surface area (Å²) in [6, 6.07) is 12.6. The van der Waals surface area contributed by atoms with Crippen molar-refractivity contribution >= 4 is 5.91 Å². The Morgan fingerprint density at radius 1 is 1.15 bits per heavy atom. The summed E-state index contributed by atoms with van der Waals surface area (Å²) in [7, 11) is 0. The van der Waals surface area contributed by atoms with E-state index in [9.17, 15) is 9.59 Å². The Bertz CT molecular complexity index is 632. The van der Waals surface area contributed by atoms with Gasteiger partial charge in [-0.05, 0) is 17.5 Å². The van der Waals surface area contributed by atoms with E-state index >= 15 is 0 Å². The lowest BCUT2D eigenvalue weighted by atomic mass is 9.96. The second kappa shape index (κ2) is 6.19. The predicted octanol–water partition coefficient (Wildman–Crippen LogP) is 2.50. The van der Waals surface area contributed by atoms with Crippen LogP contribution in [0.25, 0.3) is 0 Å². The van der Waals surface area contributed by atoms with E-state index in [0.29, 0.717) is 5.56 Å². The monoisotopic (exact) mass is 270 g/mol. The van der Waals surface area contributed by atoms with Crippen LogP contribution < -0.4 is 10.9 Å². The Kier molecular flexibility index (Phi) is 4.35. The lowest BCUT2D eigenvalue weighted by Gasteiger charge is -2.23. The Hall–Kier alpha value is -2.36. The van der Waals surface area contributed by atoms with Gasteiger partial charge in [-0.3, -0.25) is 9.59 Å². The largest absolute Gasteiger partial charge is 0.345 e. The summed E-state index contributed by atoms with van der Waals surface area (Å²) in [5.41, 5.74) is 1.15. The molecule has 1 aromatic carbocycles. The van der Waals surface area contributed by atoms with Gasteiger partial charge in [0.05, 0.1) is 6.04 Å². The second-order valence-corrected chi connectivity index (χ2v) is 5.05. The molecule has 0 fully saturated rings. The topological polar surface area (TPSA) is 62.0 Å². The van der Waals surface area contributed by atoms with Crippen molar-refractivity contribution in [3.05, 3.63) is 70.1 Å². The molecule has 104 valence electrons. The Labute approximate surface area is 117 Å². The van der Waals surface area contributed by atoms with Crippen molar-refractivity contribution in [3.8, 4) is 0 Å². The maximum Gasteiger partial charge on any atom is 0.252 e. The van der Waals surface area contributed by atoms with E-state index in [2.05, 4.69) is 24.1 Å². The normalized spacial score (nSPS) is 12.2. The van der Waals surface area contributed by atoms with Crippen molar-refractivity contribution in [2.45, 2.75) is 19.9 Å². The summed E-state index contributed by atoms with van der Waals surface area (Å²) < 4.78 is 0. The van der Waals surface area contributed by atoms with Crippen LogP contribution in [0.15, 0.2) is 53.5 Å². The summed E-state index contributed by atoms with van der Waals surface area (Å²) in [5, 5.41) is 2.98. The molecule has 0 saturated heterocycles. The first-order valence-corrected chi connectivity index (χ1v) is 6.62. The van der Waals surface area contributed by atoms with Crippen LogP contribution in [0.4, 0.5) is 0 Å². The van der Waals surface area contributed by atoms with E-state index in [4.69, 9.17) is 0 Å². The van der Waals surface area contributed by atoms with Gasteiger partial charge in [0.1, 0.15) is 0 Å². The fourth-order valence-corrected chi connectivity index (χ4v) is 2.11. The lowest BCUT2D eigenvalue weighted by molar-refractivity contribution is 0.0925. The molecule has 1 aromatic heterocycles. The molecule has 0 bridgehead atoms. The molecule has 0 saturated carbocycles. The molecular weight excluding hydrogens is 252 g/mol. The molecule has 1 atom stereocenters. The predicted molar refractivity (Wildman–Crippen MR) is 78.5 cm³/mol. The van der Waals surface area contributed by atoms with Crippen LogP contribution in [0.3, 0.4) is 0 Å². The van der Waals surface area contributed by atoms with Gasteiger partial charge in [-0.2, -0.15) is 0 Å². The maximum atomic E-state index is 12.2. The molecule has 2 rings (SSSR count). The molecule has 1 heterocycles. The SMILES string of the molecule is CC(C)C(NC(=O)c1cc[nH]c(=O)c1)c1ccccc1. The number of aromatic amines is 1. The van der Waals surface area contributed by atoms with Gasteiger partial charge in [0, 0.05) is 17.8 Å².